The van der Waals surface area contributed by atoms with E-state index in [1.54, 1.807) is 30.3 Å². The molecule has 0 aliphatic carbocycles. The zero-order valence-corrected chi connectivity index (χ0v) is 16.8. The number of benzene rings is 2. The quantitative estimate of drug-likeness (QED) is 0.601. The molecule has 1 unspecified atom stereocenters. The van der Waals surface area contributed by atoms with E-state index >= 15 is 0 Å². The molecule has 2 aromatic rings. The van der Waals surface area contributed by atoms with Crippen molar-refractivity contribution in [3.63, 3.8) is 0 Å². The predicted molar refractivity (Wildman–Crippen MR) is 110 cm³/mol. The van der Waals surface area contributed by atoms with Gasteiger partial charge in [-0.3, -0.25) is 9.59 Å². The molecule has 0 bridgehead atoms. The van der Waals surface area contributed by atoms with Crippen LogP contribution in [0.3, 0.4) is 0 Å². The number of carbonyl (C=O) groups excluding carboxylic acids is 2. The highest BCUT2D eigenvalue weighted by Gasteiger charge is 2.23. The van der Waals surface area contributed by atoms with E-state index in [-0.39, 0.29) is 17.7 Å². The van der Waals surface area contributed by atoms with Crippen molar-refractivity contribution in [2.75, 3.05) is 11.9 Å². The van der Waals surface area contributed by atoms with Gasteiger partial charge in [-0.05, 0) is 43.0 Å². The molecule has 154 valence electrons. The Labute approximate surface area is 170 Å². The van der Waals surface area contributed by atoms with E-state index in [1.165, 1.54) is 6.07 Å². The maximum absolute atomic E-state index is 12.8. The summed E-state index contributed by atoms with van der Waals surface area (Å²) in [6.45, 7) is 5.32. The molecule has 2 rings (SSSR count). The lowest BCUT2D eigenvalue weighted by Gasteiger charge is -2.21. The number of hydrogen-bond donors (Lipinski definition) is 3. The van der Waals surface area contributed by atoms with Gasteiger partial charge in [0, 0.05) is 17.3 Å². The minimum atomic E-state index is -1.09. The molecular formula is C22H26N2O5. The first-order valence-corrected chi connectivity index (χ1v) is 9.38. The van der Waals surface area contributed by atoms with Crippen molar-refractivity contribution in [2.24, 2.45) is 5.92 Å². The number of aliphatic carboxylic acids is 1. The van der Waals surface area contributed by atoms with Gasteiger partial charge in [0.25, 0.3) is 5.91 Å². The Kier molecular flexibility index (Phi) is 7.77. The van der Waals surface area contributed by atoms with Crippen LogP contribution in [0.15, 0.2) is 48.5 Å². The highest BCUT2D eigenvalue weighted by molar-refractivity contribution is 6.01. The standard InChI is InChI=1S/C22H26N2O5/c1-14(2)11-19(24-21(27)18-10-5-4-7-15(18)3)22(28)23-16-8-6-9-17(12-16)29-13-20(25)26/h4-10,12,14,19H,11,13H2,1-3H3,(H,23,28)(H,24,27)(H,25,26). The number of amides is 2. The molecule has 1 atom stereocenters. The van der Waals surface area contributed by atoms with Crippen LogP contribution >= 0.6 is 0 Å². The maximum Gasteiger partial charge on any atom is 0.341 e. The summed E-state index contributed by atoms with van der Waals surface area (Å²) in [5, 5.41) is 14.3. The second kappa shape index (κ2) is 10.3. The summed E-state index contributed by atoms with van der Waals surface area (Å²) in [7, 11) is 0. The van der Waals surface area contributed by atoms with Crippen molar-refractivity contribution in [2.45, 2.75) is 33.2 Å². The molecule has 0 fully saturated rings. The smallest absolute Gasteiger partial charge is 0.341 e. The number of carboxylic acids is 1. The zero-order chi connectivity index (χ0) is 21.4. The fourth-order valence-corrected chi connectivity index (χ4v) is 2.80. The first kappa shape index (κ1) is 21.9. The van der Waals surface area contributed by atoms with E-state index in [2.05, 4.69) is 10.6 Å². The van der Waals surface area contributed by atoms with Crippen molar-refractivity contribution >= 4 is 23.5 Å². The number of hydrogen-bond acceptors (Lipinski definition) is 4. The topological polar surface area (TPSA) is 105 Å². The fourth-order valence-electron chi connectivity index (χ4n) is 2.80. The molecule has 0 saturated heterocycles. The Morgan fingerprint density at radius 3 is 2.45 bits per heavy atom. The molecular weight excluding hydrogens is 372 g/mol. The Bertz CT molecular complexity index is 879. The van der Waals surface area contributed by atoms with Crippen LogP contribution in [0, 0.1) is 12.8 Å². The monoisotopic (exact) mass is 398 g/mol. The molecule has 0 radical (unpaired) electrons. The van der Waals surface area contributed by atoms with Crippen LogP contribution in [0.2, 0.25) is 0 Å². The Morgan fingerprint density at radius 1 is 1.07 bits per heavy atom. The Balaban J connectivity index is 2.11. The molecule has 3 N–H and O–H groups in total. The van der Waals surface area contributed by atoms with Crippen LogP contribution < -0.4 is 15.4 Å². The lowest BCUT2D eigenvalue weighted by atomic mass is 10.0. The normalized spacial score (nSPS) is 11.6. The van der Waals surface area contributed by atoms with Gasteiger partial charge in [-0.15, -0.1) is 0 Å². The van der Waals surface area contributed by atoms with E-state index in [0.29, 0.717) is 23.4 Å². The highest BCUT2D eigenvalue weighted by Crippen LogP contribution is 2.18. The summed E-state index contributed by atoms with van der Waals surface area (Å²) in [5.74, 6) is -1.23. The summed E-state index contributed by atoms with van der Waals surface area (Å²) in [6.07, 6.45) is 0.471. The van der Waals surface area contributed by atoms with Gasteiger partial charge >= 0.3 is 5.97 Å². The number of rotatable bonds is 9. The lowest BCUT2D eigenvalue weighted by Crippen LogP contribution is -2.44. The van der Waals surface area contributed by atoms with E-state index in [0.717, 1.165) is 5.56 Å². The fraction of sp³-hybridized carbons (Fsp3) is 0.318. The Morgan fingerprint density at radius 2 is 1.79 bits per heavy atom. The summed E-state index contributed by atoms with van der Waals surface area (Å²) in [4.78, 5) is 36.1. The number of anilines is 1. The summed E-state index contributed by atoms with van der Waals surface area (Å²) >= 11 is 0. The van der Waals surface area contributed by atoms with Gasteiger partial charge in [-0.2, -0.15) is 0 Å². The molecule has 0 spiro atoms. The third kappa shape index (κ3) is 6.95. The molecule has 29 heavy (non-hydrogen) atoms. The first-order valence-electron chi connectivity index (χ1n) is 9.38. The molecule has 0 saturated carbocycles. The highest BCUT2D eigenvalue weighted by atomic mass is 16.5. The van der Waals surface area contributed by atoms with Gasteiger partial charge in [0.2, 0.25) is 5.91 Å². The van der Waals surface area contributed by atoms with Crippen LogP contribution in [0.1, 0.15) is 36.2 Å². The first-order chi connectivity index (χ1) is 13.8. The van der Waals surface area contributed by atoms with Gasteiger partial charge in [0.15, 0.2) is 6.61 Å². The van der Waals surface area contributed by atoms with Crippen molar-refractivity contribution in [1.82, 2.24) is 5.32 Å². The number of carboxylic acid groups (broad SMARTS) is 1. The van der Waals surface area contributed by atoms with Crippen molar-refractivity contribution in [3.05, 3.63) is 59.7 Å². The molecule has 7 heteroatoms. The van der Waals surface area contributed by atoms with Gasteiger partial charge in [0.1, 0.15) is 11.8 Å². The molecule has 0 aliphatic heterocycles. The van der Waals surface area contributed by atoms with Crippen LogP contribution in [0.5, 0.6) is 5.75 Å². The summed E-state index contributed by atoms with van der Waals surface area (Å²) in [5.41, 5.74) is 1.81. The number of carbonyl (C=O) groups is 3. The number of aryl methyl sites for hydroxylation is 1. The molecule has 2 amide bonds. The molecule has 0 heterocycles. The number of ether oxygens (including phenoxy) is 1. The number of nitrogens with one attached hydrogen (secondary N) is 2. The zero-order valence-electron chi connectivity index (χ0n) is 16.8. The average molecular weight is 398 g/mol. The summed E-state index contributed by atoms with van der Waals surface area (Å²) in [6, 6.07) is 12.9. The maximum atomic E-state index is 12.8. The molecule has 7 nitrogen and oxygen atoms in total. The van der Waals surface area contributed by atoms with Crippen LogP contribution in [0.4, 0.5) is 5.69 Å². The van der Waals surface area contributed by atoms with Gasteiger partial charge in [-0.25, -0.2) is 4.79 Å². The van der Waals surface area contributed by atoms with Crippen molar-refractivity contribution in [1.29, 1.82) is 0 Å². The van der Waals surface area contributed by atoms with Crippen LogP contribution in [-0.2, 0) is 9.59 Å². The van der Waals surface area contributed by atoms with Crippen LogP contribution in [-0.4, -0.2) is 35.5 Å². The van der Waals surface area contributed by atoms with Crippen molar-refractivity contribution in [3.8, 4) is 5.75 Å². The molecule has 0 aromatic heterocycles. The minimum Gasteiger partial charge on any atom is -0.482 e. The van der Waals surface area contributed by atoms with Crippen LogP contribution in [0.25, 0.3) is 0 Å². The van der Waals surface area contributed by atoms with E-state index in [1.807, 2.05) is 32.9 Å². The second-order valence-corrected chi connectivity index (χ2v) is 7.17. The SMILES string of the molecule is Cc1ccccc1C(=O)NC(CC(C)C)C(=O)Nc1cccc(OCC(=O)O)c1. The molecule has 2 aromatic carbocycles. The van der Waals surface area contributed by atoms with E-state index < -0.39 is 18.6 Å². The lowest BCUT2D eigenvalue weighted by molar-refractivity contribution is -0.139. The van der Waals surface area contributed by atoms with Gasteiger partial charge < -0.3 is 20.5 Å². The summed E-state index contributed by atoms with van der Waals surface area (Å²) < 4.78 is 5.13. The Hall–Kier alpha value is -3.35. The third-order valence-electron chi connectivity index (χ3n) is 4.18. The second-order valence-electron chi connectivity index (χ2n) is 7.17. The molecule has 0 aliphatic rings. The van der Waals surface area contributed by atoms with Gasteiger partial charge in [-0.1, -0.05) is 38.1 Å². The third-order valence-corrected chi connectivity index (χ3v) is 4.18. The van der Waals surface area contributed by atoms with Gasteiger partial charge in [0.05, 0.1) is 0 Å². The van der Waals surface area contributed by atoms with Crippen molar-refractivity contribution < 1.29 is 24.2 Å². The predicted octanol–water partition coefficient (Wildman–Crippen LogP) is 3.24. The average Bonchev–Trinajstić information content (AvgIpc) is 2.66. The minimum absolute atomic E-state index is 0.188. The van der Waals surface area contributed by atoms with E-state index in [9.17, 15) is 14.4 Å². The van der Waals surface area contributed by atoms with E-state index in [4.69, 9.17) is 9.84 Å². The largest absolute Gasteiger partial charge is 0.482 e.